The van der Waals surface area contributed by atoms with Gasteiger partial charge in [0.2, 0.25) is 5.96 Å². The summed E-state index contributed by atoms with van der Waals surface area (Å²) in [7, 11) is -3.92. The summed E-state index contributed by atoms with van der Waals surface area (Å²) in [5.41, 5.74) is -0.443. The highest BCUT2D eigenvalue weighted by atomic mass is 31.2. The predicted octanol–water partition coefficient (Wildman–Crippen LogP) is 1.65. The number of carboxylic acid groups (broad SMARTS) is 2. The van der Waals surface area contributed by atoms with Gasteiger partial charge in [0.15, 0.2) is 0 Å². The van der Waals surface area contributed by atoms with Crippen LogP contribution in [0.3, 0.4) is 0 Å². The normalized spacial score (nSPS) is 12.9. The number of benzene rings is 1. The number of carboxylic acids is 2. The van der Waals surface area contributed by atoms with Gasteiger partial charge in [0.25, 0.3) is 5.69 Å². The van der Waals surface area contributed by atoms with Gasteiger partial charge in [-0.1, -0.05) is 12.1 Å². The van der Waals surface area contributed by atoms with Gasteiger partial charge < -0.3 is 10.2 Å². The Bertz CT molecular complexity index is 661. The van der Waals surface area contributed by atoms with E-state index >= 15 is 0 Å². The smallest absolute Gasteiger partial charge is 0.312 e. The molecule has 130 valence electrons. The van der Waals surface area contributed by atoms with E-state index in [1.807, 2.05) is 0 Å². The van der Waals surface area contributed by atoms with Crippen molar-refractivity contribution in [2.75, 3.05) is 6.16 Å². The first kappa shape index (κ1) is 19.6. The largest absolute Gasteiger partial charge is 0.481 e. The third kappa shape index (κ3) is 6.37. The fraction of sp³-hybridized carbons (Fsp3) is 0.308. The van der Waals surface area contributed by atoms with Crippen LogP contribution in [0.4, 0.5) is 11.4 Å². The Hall–Kier alpha value is -2.42. The third-order valence-corrected chi connectivity index (χ3v) is 4.47. The number of hydrogen-bond donors (Lipinski definition) is 4. The Kier molecular flexibility index (Phi) is 6.90. The van der Waals surface area contributed by atoms with E-state index in [1.165, 1.54) is 24.3 Å². The van der Waals surface area contributed by atoms with Crippen LogP contribution >= 0.6 is 7.72 Å². The fourth-order valence-corrected chi connectivity index (χ4v) is 3.24. The van der Waals surface area contributed by atoms with E-state index in [4.69, 9.17) is 10.2 Å². The molecule has 1 atom stereocenters. The second-order valence-electron chi connectivity index (χ2n) is 4.93. The van der Waals surface area contributed by atoms with Crippen LogP contribution in [0.2, 0.25) is 0 Å². The van der Waals surface area contributed by atoms with Gasteiger partial charge in [-0.2, -0.15) is 0 Å². The summed E-state index contributed by atoms with van der Waals surface area (Å²) >= 11 is 0. The first-order valence-corrected chi connectivity index (χ1v) is 8.64. The van der Waals surface area contributed by atoms with Crippen molar-refractivity contribution in [2.45, 2.75) is 12.8 Å². The molecule has 0 aromatic heterocycles. The third-order valence-electron chi connectivity index (χ3n) is 3.01. The molecule has 1 aromatic rings. The van der Waals surface area contributed by atoms with E-state index in [0.717, 1.165) is 0 Å². The topological polar surface area (TPSA) is 171 Å². The molecule has 1 aromatic carbocycles. The Morgan fingerprint density at radius 2 is 1.92 bits per heavy atom. The van der Waals surface area contributed by atoms with Gasteiger partial charge in [-0.15, -0.1) is 0 Å². The van der Waals surface area contributed by atoms with Gasteiger partial charge in [0.1, 0.15) is 11.8 Å². The summed E-state index contributed by atoms with van der Waals surface area (Å²) in [6.45, 7) is 0. The van der Waals surface area contributed by atoms with Crippen LogP contribution in [0.15, 0.2) is 29.3 Å². The van der Waals surface area contributed by atoms with Gasteiger partial charge in [-0.3, -0.25) is 19.7 Å². The van der Waals surface area contributed by atoms with Crippen LogP contribution in [-0.2, 0) is 9.59 Å². The van der Waals surface area contributed by atoms with Gasteiger partial charge in [0.05, 0.1) is 10.8 Å². The van der Waals surface area contributed by atoms with Gasteiger partial charge in [0, 0.05) is 12.5 Å². The van der Waals surface area contributed by atoms with Crippen molar-refractivity contribution in [1.82, 2.24) is 0 Å². The first-order chi connectivity index (χ1) is 11.1. The molecule has 0 bridgehead atoms. The zero-order chi connectivity index (χ0) is 18.3. The number of nitrogens with zero attached hydrogens (tertiary/aromatic N) is 2. The molecule has 1 rings (SSSR count). The zero-order valence-corrected chi connectivity index (χ0v) is 13.2. The minimum Gasteiger partial charge on any atom is -0.481 e. The lowest BCUT2D eigenvalue weighted by molar-refractivity contribution is -0.384. The first-order valence-electron chi connectivity index (χ1n) is 6.69. The number of aliphatic carboxylic acids is 2. The zero-order valence-electron chi connectivity index (χ0n) is 12.3. The van der Waals surface area contributed by atoms with Crippen molar-refractivity contribution in [3.63, 3.8) is 0 Å². The molecule has 0 spiro atoms. The van der Waals surface area contributed by atoms with Crippen LogP contribution in [0.25, 0.3) is 0 Å². The van der Waals surface area contributed by atoms with Crippen molar-refractivity contribution in [3.05, 3.63) is 34.4 Å². The van der Waals surface area contributed by atoms with E-state index in [0.29, 0.717) is 5.96 Å². The highest BCUT2D eigenvalue weighted by Crippen LogP contribution is 2.50. The van der Waals surface area contributed by atoms with Crippen LogP contribution in [0, 0.1) is 16.0 Å². The van der Waals surface area contributed by atoms with Crippen LogP contribution in [-0.4, -0.2) is 49.0 Å². The Morgan fingerprint density at radius 3 is 2.46 bits per heavy atom. The molecule has 0 heterocycles. The maximum atomic E-state index is 11.1. The van der Waals surface area contributed by atoms with E-state index in [2.05, 4.69) is 4.99 Å². The molecular weight excluding hydrogens is 343 g/mol. The lowest BCUT2D eigenvalue weighted by atomic mass is 10.1. The minimum atomic E-state index is -3.92. The SMILES string of the molecule is O=C(O)CCC(C[P+](O)(O)C=Nc1ccccc1[N+](=O)[O-])C(=O)O. The van der Waals surface area contributed by atoms with Crippen LogP contribution in [0.5, 0.6) is 0 Å². The molecule has 0 aliphatic carbocycles. The average Bonchev–Trinajstić information content (AvgIpc) is 2.49. The molecule has 10 nitrogen and oxygen atoms in total. The van der Waals surface area contributed by atoms with Crippen LogP contribution in [0.1, 0.15) is 12.8 Å². The number of rotatable bonds is 9. The molecule has 0 amide bonds. The number of carbonyl (C=O) groups is 2. The number of hydrogen-bond acceptors (Lipinski definition) is 7. The lowest BCUT2D eigenvalue weighted by Gasteiger charge is -2.13. The molecule has 0 aliphatic heterocycles. The lowest BCUT2D eigenvalue weighted by Crippen LogP contribution is -2.21. The second kappa shape index (κ2) is 8.44. The van der Waals surface area contributed by atoms with Gasteiger partial charge in [-0.05, 0) is 12.5 Å². The molecule has 0 radical (unpaired) electrons. The Balaban J connectivity index is 2.89. The summed E-state index contributed by atoms with van der Waals surface area (Å²) in [6.07, 6.45) is -1.30. The van der Waals surface area contributed by atoms with E-state index in [-0.39, 0.29) is 17.8 Å². The van der Waals surface area contributed by atoms with E-state index < -0.39 is 43.1 Å². The molecule has 0 saturated heterocycles. The predicted molar refractivity (Wildman–Crippen MR) is 85.5 cm³/mol. The summed E-state index contributed by atoms with van der Waals surface area (Å²) in [5.74, 6) is -3.13. The molecule has 0 fully saturated rings. The summed E-state index contributed by atoms with van der Waals surface area (Å²) < 4.78 is 0. The van der Waals surface area contributed by atoms with Gasteiger partial charge in [-0.25, -0.2) is 14.8 Å². The number of aliphatic imine (C=N–C) groups is 1. The van der Waals surface area contributed by atoms with Crippen molar-refractivity contribution in [1.29, 1.82) is 0 Å². The molecule has 4 N–H and O–H groups in total. The van der Waals surface area contributed by atoms with Gasteiger partial charge >= 0.3 is 19.7 Å². The summed E-state index contributed by atoms with van der Waals surface area (Å²) in [6, 6.07) is 5.38. The number of nitro groups is 1. The molecule has 24 heavy (non-hydrogen) atoms. The average molecular weight is 359 g/mol. The maximum Gasteiger partial charge on any atom is 0.312 e. The maximum absolute atomic E-state index is 11.1. The Labute approximate surface area is 136 Å². The summed E-state index contributed by atoms with van der Waals surface area (Å²) in [5, 5.41) is 28.4. The molecule has 11 heteroatoms. The summed E-state index contributed by atoms with van der Waals surface area (Å²) in [4.78, 5) is 55.3. The highest BCUT2D eigenvalue weighted by molar-refractivity contribution is 7.79. The minimum absolute atomic E-state index is 0.104. The Morgan fingerprint density at radius 1 is 1.29 bits per heavy atom. The van der Waals surface area contributed by atoms with Crippen molar-refractivity contribution < 1.29 is 34.5 Å². The molecule has 0 aliphatic rings. The fourth-order valence-electron chi connectivity index (χ4n) is 1.84. The van der Waals surface area contributed by atoms with Crippen molar-refractivity contribution in [2.24, 2.45) is 10.9 Å². The molecule has 1 unspecified atom stereocenters. The number of para-hydroxylation sites is 2. The van der Waals surface area contributed by atoms with Crippen molar-refractivity contribution in [3.8, 4) is 0 Å². The molecule has 0 saturated carbocycles. The monoisotopic (exact) mass is 359 g/mol. The standard InChI is InChI=1S/C13H15N2O8P/c16-12(17)6-5-9(13(18)19)7-24(22,23)8-14-10-3-1-2-4-11(10)15(20)21/h1-4,8-9,22-23H,5-7H2,(H-,16,17,18,19)/p+1. The molecular formula is C13H16N2O8P+. The highest BCUT2D eigenvalue weighted by Gasteiger charge is 2.38. The quantitative estimate of drug-likeness (QED) is 0.223. The van der Waals surface area contributed by atoms with E-state index in [9.17, 15) is 29.5 Å². The van der Waals surface area contributed by atoms with E-state index in [1.54, 1.807) is 0 Å². The number of nitro benzene ring substituents is 1. The second-order valence-corrected chi connectivity index (χ2v) is 7.09. The van der Waals surface area contributed by atoms with Crippen molar-refractivity contribution >= 4 is 37.0 Å². The van der Waals surface area contributed by atoms with Crippen LogP contribution < -0.4 is 0 Å².